The molecule has 0 heterocycles. The minimum absolute atomic E-state index is 0.120. The lowest BCUT2D eigenvalue weighted by Crippen LogP contribution is -2.30. The molecular weight excluding hydrogens is 204 g/mol. The summed E-state index contributed by atoms with van der Waals surface area (Å²) in [6.07, 6.45) is -0.131. The molecule has 0 bridgehead atoms. The van der Waals surface area contributed by atoms with E-state index in [-0.39, 0.29) is 13.0 Å². The van der Waals surface area contributed by atoms with E-state index in [0.717, 1.165) is 6.42 Å². The number of alkyl halides is 2. The topological polar surface area (TPSA) is 40.5 Å². The number of carboxylic acid groups (broad SMARTS) is 1. The molecule has 0 rings (SSSR count). The van der Waals surface area contributed by atoms with Gasteiger partial charge in [-0.05, 0) is 32.4 Å². The monoisotopic (exact) mass is 223 g/mol. The fraction of sp³-hybridized carbons (Fsp3) is 0.900. The molecule has 0 aromatic carbocycles. The van der Waals surface area contributed by atoms with Crippen molar-refractivity contribution in [3.8, 4) is 0 Å². The first-order valence-corrected chi connectivity index (χ1v) is 5.28. The van der Waals surface area contributed by atoms with Crippen molar-refractivity contribution in [2.45, 2.75) is 39.0 Å². The molecule has 0 unspecified atom stereocenters. The van der Waals surface area contributed by atoms with Crippen molar-refractivity contribution in [2.75, 3.05) is 19.6 Å². The Morgan fingerprint density at radius 2 is 2.00 bits per heavy atom. The van der Waals surface area contributed by atoms with E-state index in [4.69, 9.17) is 5.11 Å². The number of carbonyl (C=O) groups is 1. The highest BCUT2D eigenvalue weighted by Crippen LogP contribution is 2.03. The second kappa shape index (κ2) is 8.59. The fourth-order valence-corrected chi connectivity index (χ4v) is 1.42. The van der Waals surface area contributed by atoms with Gasteiger partial charge in [-0.3, -0.25) is 9.69 Å². The van der Waals surface area contributed by atoms with Gasteiger partial charge in [0.05, 0.1) is 6.54 Å². The number of nitrogens with zero attached hydrogens (tertiary/aromatic N) is 1. The molecule has 0 aliphatic rings. The van der Waals surface area contributed by atoms with Crippen LogP contribution in [-0.2, 0) is 4.79 Å². The molecule has 0 aliphatic heterocycles. The molecule has 1 N–H and O–H groups in total. The van der Waals surface area contributed by atoms with Gasteiger partial charge in [-0.15, -0.1) is 0 Å². The second-order valence-corrected chi connectivity index (χ2v) is 3.54. The summed E-state index contributed by atoms with van der Waals surface area (Å²) in [6, 6.07) is 0. The summed E-state index contributed by atoms with van der Waals surface area (Å²) in [4.78, 5) is 11.9. The van der Waals surface area contributed by atoms with Crippen LogP contribution in [0.1, 0.15) is 32.6 Å². The third-order valence-electron chi connectivity index (χ3n) is 2.05. The van der Waals surface area contributed by atoms with Crippen molar-refractivity contribution in [3.05, 3.63) is 0 Å². The maximum Gasteiger partial charge on any atom is 0.303 e. The van der Waals surface area contributed by atoms with E-state index in [1.807, 2.05) is 6.92 Å². The van der Waals surface area contributed by atoms with E-state index in [9.17, 15) is 13.6 Å². The van der Waals surface area contributed by atoms with Crippen LogP contribution >= 0.6 is 0 Å². The van der Waals surface area contributed by atoms with Crippen LogP contribution in [0.5, 0.6) is 0 Å². The summed E-state index contributed by atoms with van der Waals surface area (Å²) in [7, 11) is 0. The molecule has 90 valence electrons. The van der Waals surface area contributed by atoms with Crippen molar-refractivity contribution in [1.29, 1.82) is 0 Å². The van der Waals surface area contributed by atoms with Crippen LogP contribution in [0.25, 0.3) is 0 Å². The average molecular weight is 223 g/mol. The highest BCUT2D eigenvalue weighted by Gasteiger charge is 2.10. The number of hydrogen-bond acceptors (Lipinski definition) is 2. The zero-order chi connectivity index (χ0) is 11.7. The highest BCUT2D eigenvalue weighted by atomic mass is 19.3. The molecule has 0 aliphatic carbocycles. The molecular formula is C10H19F2NO2. The number of hydrogen-bond donors (Lipinski definition) is 1. The first-order valence-electron chi connectivity index (χ1n) is 5.28. The van der Waals surface area contributed by atoms with Crippen molar-refractivity contribution >= 4 is 5.97 Å². The van der Waals surface area contributed by atoms with Gasteiger partial charge in [-0.25, -0.2) is 8.78 Å². The molecule has 0 radical (unpaired) electrons. The Kier molecular flexibility index (Phi) is 8.18. The Morgan fingerprint density at radius 1 is 1.33 bits per heavy atom. The van der Waals surface area contributed by atoms with E-state index in [1.165, 1.54) is 0 Å². The van der Waals surface area contributed by atoms with E-state index in [1.54, 1.807) is 4.90 Å². The van der Waals surface area contributed by atoms with Gasteiger partial charge in [0.2, 0.25) is 0 Å². The zero-order valence-electron chi connectivity index (χ0n) is 9.09. The Labute approximate surface area is 89.1 Å². The summed E-state index contributed by atoms with van der Waals surface area (Å²) in [5.41, 5.74) is 0. The molecule has 0 saturated heterocycles. The minimum Gasteiger partial charge on any atom is -0.481 e. The van der Waals surface area contributed by atoms with Crippen LogP contribution in [0, 0.1) is 0 Å². The van der Waals surface area contributed by atoms with Gasteiger partial charge in [-0.1, -0.05) is 6.92 Å². The van der Waals surface area contributed by atoms with Crippen molar-refractivity contribution < 1.29 is 18.7 Å². The maximum atomic E-state index is 12.1. The molecule has 0 amide bonds. The summed E-state index contributed by atoms with van der Waals surface area (Å²) in [5, 5.41) is 8.39. The van der Waals surface area contributed by atoms with E-state index < -0.39 is 12.4 Å². The van der Waals surface area contributed by atoms with Gasteiger partial charge >= 0.3 is 5.97 Å². The summed E-state index contributed by atoms with van der Waals surface area (Å²) in [5.74, 6) is -0.828. The standard InChI is InChI=1S/C10H19F2NO2/c1-2-6-13(8-9(11)12)7-4-3-5-10(14)15/h9H,2-8H2,1H3,(H,14,15). The molecule has 0 saturated carbocycles. The van der Waals surface area contributed by atoms with E-state index in [0.29, 0.717) is 25.9 Å². The fourth-order valence-electron chi connectivity index (χ4n) is 1.42. The SMILES string of the molecule is CCCN(CCCCC(=O)O)CC(F)F. The summed E-state index contributed by atoms with van der Waals surface area (Å²) in [6.45, 7) is 2.94. The number of halogens is 2. The molecule has 3 nitrogen and oxygen atoms in total. The smallest absolute Gasteiger partial charge is 0.303 e. The van der Waals surface area contributed by atoms with Crippen LogP contribution in [0.15, 0.2) is 0 Å². The number of aliphatic carboxylic acids is 1. The minimum atomic E-state index is -2.31. The lowest BCUT2D eigenvalue weighted by atomic mass is 10.2. The molecule has 0 aromatic heterocycles. The van der Waals surface area contributed by atoms with Crippen molar-refractivity contribution in [2.24, 2.45) is 0 Å². The lowest BCUT2D eigenvalue weighted by Gasteiger charge is -2.20. The molecule has 5 heteroatoms. The normalized spacial score (nSPS) is 11.3. The van der Waals surface area contributed by atoms with Crippen LogP contribution in [-0.4, -0.2) is 42.0 Å². The molecule has 0 spiro atoms. The molecule has 0 atom stereocenters. The zero-order valence-corrected chi connectivity index (χ0v) is 9.09. The lowest BCUT2D eigenvalue weighted by molar-refractivity contribution is -0.137. The van der Waals surface area contributed by atoms with E-state index >= 15 is 0 Å². The number of carboxylic acids is 1. The van der Waals surface area contributed by atoms with Crippen LogP contribution in [0.4, 0.5) is 8.78 Å². The first-order chi connectivity index (χ1) is 7.06. The van der Waals surface area contributed by atoms with Crippen molar-refractivity contribution in [1.82, 2.24) is 4.90 Å². The second-order valence-electron chi connectivity index (χ2n) is 3.54. The Balaban J connectivity index is 3.60. The predicted octanol–water partition coefficient (Wildman–Crippen LogP) is 2.22. The van der Waals surface area contributed by atoms with Crippen LogP contribution in [0.2, 0.25) is 0 Å². The summed E-state index contributed by atoms with van der Waals surface area (Å²) >= 11 is 0. The molecule has 0 fully saturated rings. The van der Waals surface area contributed by atoms with Gasteiger partial charge < -0.3 is 5.11 Å². The van der Waals surface area contributed by atoms with Gasteiger partial charge in [0, 0.05) is 6.42 Å². The third kappa shape index (κ3) is 9.59. The van der Waals surface area contributed by atoms with Crippen LogP contribution < -0.4 is 0 Å². The van der Waals surface area contributed by atoms with Gasteiger partial charge in [-0.2, -0.15) is 0 Å². The Morgan fingerprint density at radius 3 is 2.47 bits per heavy atom. The van der Waals surface area contributed by atoms with Gasteiger partial charge in [0.25, 0.3) is 6.43 Å². The highest BCUT2D eigenvalue weighted by molar-refractivity contribution is 5.66. The first kappa shape index (κ1) is 14.3. The van der Waals surface area contributed by atoms with Gasteiger partial charge in [0.15, 0.2) is 0 Å². The molecule has 15 heavy (non-hydrogen) atoms. The molecule has 0 aromatic rings. The maximum absolute atomic E-state index is 12.1. The largest absolute Gasteiger partial charge is 0.481 e. The Hall–Kier alpha value is -0.710. The summed E-state index contributed by atoms with van der Waals surface area (Å²) < 4.78 is 24.2. The average Bonchev–Trinajstić information content (AvgIpc) is 2.11. The quantitative estimate of drug-likeness (QED) is 0.609. The predicted molar refractivity (Wildman–Crippen MR) is 54.2 cm³/mol. The number of rotatable bonds is 9. The Bertz CT molecular complexity index is 177. The van der Waals surface area contributed by atoms with Crippen LogP contribution in [0.3, 0.4) is 0 Å². The number of unbranched alkanes of at least 4 members (excludes halogenated alkanes) is 1. The van der Waals surface area contributed by atoms with Crippen molar-refractivity contribution in [3.63, 3.8) is 0 Å². The van der Waals surface area contributed by atoms with E-state index in [2.05, 4.69) is 0 Å². The third-order valence-corrected chi connectivity index (χ3v) is 2.05. The van der Waals surface area contributed by atoms with Gasteiger partial charge in [0.1, 0.15) is 0 Å².